The Morgan fingerprint density at radius 2 is 1.17 bits per heavy atom. The molecule has 2 amide bonds. The van der Waals surface area contributed by atoms with Crippen molar-refractivity contribution in [2.75, 3.05) is 21.7 Å². The number of carbonyl (C=O) groups excluding carboxylic acids is 2. The number of aryl methyl sites for hydroxylation is 1. The summed E-state index contributed by atoms with van der Waals surface area (Å²) in [5.41, 5.74) is -7.31. The molecule has 0 saturated heterocycles. The van der Waals surface area contributed by atoms with E-state index in [4.69, 9.17) is 14.7 Å². The van der Waals surface area contributed by atoms with Gasteiger partial charge in [0.15, 0.2) is 5.60 Å². The van der Waals surface area contributed by atoms with Crippen LogP contribution in [-0.2, 0) is 36.2 Å². The van der Waals surface area contributed by atoms with Crippen LogP contribution in [0, 0.1) is 29.6 Å². The third-order valence-corrected chi connectivity index (χ3v) is 9.21. The number of aliphatic hydroxyl groups is 2. The van der Waals surface area contributed by atoms with E-state index in [0.717, 1.165) is 30.7 Å². The van der Waals surface area contributed by atoms with Crippen LogP contribution in [0.15, 0.2) is 65.6 Å². The quantitative estimate of drug-likeness (QED) is 0.0734. The molecule has 0 radical (unpaired) electrons. The summed E-state index contributed by atoms with van der Waals surface area (Å²) in [5.74, 6) is -2.01. The van der Waals surface area contributed by atoms with Crippen molar-refractivity contribution in [1.29, 1.82) is 10.5 Å². The maximum atomic E-state index is 13.0. The summed E-state index contributed by atoms with van der Waals surface area (Å²) in [4.78, 5) is 23.7. The van der Waals surface area contributed by atoms with Gasteiger partial charge in [0.05, 0.1) is 39.3 Å². The second kappa shape index (κ2) is 19.7. The van der Waals surface area contributed by atoms with Crippen LogP contribution >= 0.6 is 22.6 Å². The zero-order chi connectivity index (χ0) is 38.3. The van der Waals surface area contributed by atoms with E-state index in [1.165, 1.54) is 49.4 Å². The number of hydrogen-bond donors (Lipinski definition) is 4. The van der Waals surface area contributed by atoms with Crippen LogP contribution in [-0.4, -0.2) is 52.7 Å². The first-order valence-corrected chi connectivity index (χ1v) is 16.6. The first-order valence-electron chi connectivity index (χ1n) is 13.7. The van der Waals surface area contributed by atoms with Crippen LogP contribution in [0.5, 0.6) is 0 Å². The van der Waals surface area contributed by atoms with Crippen molar-refractivity contribution < 1.29 is 112 Å². The third-order valence-electron chi connectivity index (χ3n) is 6.45. The van der Waals surface area contributed by atoms with Gasteiger partial charge < -0.3 is 44.8 Å². The second-order valence-electron chi connectivity index (χ2n) is 10.9. The van der Waals surface area contributed by atoms with E-state index in [0.29, 0.717) is 12.1 Å². The number of anilines is 2. The molecule has 276 valence electrons. The number of nitriles is 2. The molecule has 2 atom stereocenters. The minimum Gasteiger partial charge on any atom is -1.00 e. The molecule has 0 spiro atoms. The standard InChI is InChI=1S/C19H17F3N2O5S.C12H10F3IN2O2.HI.Na/c1-12-3-7-15(8-4-12)30(27,28)29-11-18(2,26)17(25)24-14-6-5-13(10-23)16(9-14)19(20,21)22;1-11(20,6-16)10(19)18-8-3-2-7(5-17)9(4-8)12(13,14)15;;/h3-9,26H,11H2,1-2H3,(H,24,25);2-4,20H,6H2,1H3,(H,18,19);1H;/q;;;+1/p-1. The van der Waals surface area contributed by atoms with E-state index in [-0.39, 0.29) is 74.2 Å². The van der Waals surface area contributed by atoms with Gasteiger partial charge in [-0.1, -0.05) is 40.3 Å². The second-order valence-corrected chi connectivity index (χ2v) is 13.2. The molecule has 3 aromatic rings. The fraction of sp³-hybridized carbons (Fsp3) is 0.290. The Kier molecular flexibility index (Phi) is 18.7. The monoisotopic (exact) mass is 990 g/mol. The molecule has 0 aromatic heterocycles. The molecule has 0 aliphatic rings. The molecule has 3 rings (SSSR count). The van der Waals surface area contributed by atoms with Gasteiger partial charge in [-0.3, -0.25) is 13.8 Å². The van der Waals surface area contributed by atoms with Gasteiger partial charge in [-0.15, -0.1) is 0 Å². The van der Waals surface area contributed by atoms with Gasteiger partial charge in [0, 0.05) is 15.8 Å². The van der Waals surface area contributed by atoms with E-state index in [1.807, 2.05) is 0 Å². The number of hydrogen-bond acceptors (Lipinski definition) is 9. The van der Waals surface area contributed by atoms with Gasteiger partial charge in [0.1, 0.15) is 12.2 Å². The molecular formula is C31H27F6I2N4NaO7S. The Morgan fingerprint density at radius 3 is 1.52 bits per heavy atom. The van der Waals surface area contributed by atoms with Crippen LogP contribution < -0.4 is 64.2 Å². The van der Waals surface area contributed by atoms with Crippen LogP contribution in [0.2, 0.25) is 0 Å². The van der Waals surface area contributed by atoms with Crippen molar-refractivity contribution in [3.8, 4) is 12.1 Å². The van der Waals surface area contributed by atoms with Crippen LogP contribution in [0.3, 0.4) is 0 Å². The molecule has 0 aliphatic carbocycles. The average Bonchev–Trinajstić information content (AvgIpc) is 3.03. The maximum absolute atomic E-state index is 13.0. The van der Waals surface area contributed by atoms with Gasteiger partial charge in [-0.25, -0.2) is 0 Å². The van der Waals surface area contributed by atoms with E-state index in [2.05, 4.69) is 10.6 Å². The van der Waals surface area contributed by atoms with Crippen LogP contribution in [0.25, 0.3) is 0 Å². The Balaban J connectivity index is 0.00000104. The SMILES string of the molecule is CC(O)(CI)C(=O)Nc1ccc(C#N)c(C(F)(F)F)c1.Cc1ccc(S(=O)(=O)OCC(C)(O)C(=O)Nc2ccc(C#N)c(C(F)(F)F)c2)cc1.[I-].[Na+]. The van der Waals surface area contributed by atoms with Gasteiger partial charge in [0.2, 0.25) is 0 Å². The summed E-state index contributed by atoms with van der Waals surface area (Å²) in [5, 5.41) is 41.6. The Labute approximate surface area is 347 Å². The molecule has 0 saturated carbocycles. The number of rotatable bonds is 9. The number of amides is 2. The summed E-state index contributed by atoms with van der Waals surface area (Å²) in [6, 6.07) is 13.7. The molecule has 11 nitrogen and oxygen atoms in total. The summed E-state index contributed by atoms with van der Waals surface area (Å²) in [6.07, 6.45) is -9.53. The molecule has 0 heterocycles. The summed E-state index contributed by atoms with van der Waals surface area (Å²) in [7, 11) is -4.28. The zero-order valence-corrected chi connectivity index (χ0v) is 34.6. The first kappa shape index (κ1) is 49.5. The van der Waals surface area contributed by atoms with Gasteiger partial charge in [-0.2, -0.15) is 45.3 Å². The molecule has 0 fully saturated rings. The average molecular weight is 990 g/mol. The minimum absolute atomic E-state index is 0. The van der Waals surface area contributed by atoms with Crippen molar-refractivity contribution in [1.82, 2.24) is 0 Å². The third kappa shape index (κ3) is 14.0. The van der Waals surface area contributed by atoms with Crippen molar-refractivity contribution in [2.24, 2.45) is 0 Å². The summed E-state index contributed by atoms with van der Waals surface area (Å²) < 4.78 is 106. The number of carbonyl (C=O) groups is 2. The van der Waals surface area contributed by atoms with E-state index in [1.54, 1.807) is 29.5 Å². The van der Waals surface area contributed by atoms with Crippen molar-refractivity contribution >= 4 is 55.9 Å². The van der Waals surface area contributed by atoms with Gasteiger partial charge in [-0.05, 0) is 69.3 Å². The molecule has 4 N–H and O–H groups in total. The first-order chi connectivity index (χ1) is 22.9. The molecule has 2 unspecified atom stereocenters. The van der Waals surface area contributed by atoms with E-state index < -0.39 is 74.3 Å². The van der Waals surface area contributed by atoms with Crippen molar-refractivity contribution in [3.63, 3.8) is 0 Å². The summed E-state index contributed by atoms with van der Waals surface area (Å²) >= 11 is 1.79. The van der Waals surface area contributed by atoms with Crippen molar-refractivity contribution in [3.05, 3.63) is 88.5 Å². The molecule has 0 aliphatic heterocycles. The van der Waals surface area contributed by atoms with Crippen molar-refractivity contribution in [2.45, 2.75) is 49.2 Å². The predicted molar refractivity (Wildman–Crippen MR) is 174 cm³/mol. The molecule has 21 heteroatoms. The Morgan fingerprint density at radius 1 is 0.788 bits per heavy atom. The predicted octanol–water partition coefficient (Wildman–Crippen LogP) is -0.310. The number of nitrogens with one attached hydrogen (secondary N) is 2. The van der Waals surface area contributed by atoms with E-state index >= 15 is 0 Å². The normalized spacial score (nSPS) is 13.5. The van der Waals surface area contributed by atoms with Gasteiger partial charge in [0.25, 0.3) is 21.9 Å². The molecule has 3 aromatic carbocycles. The van der Waals surface area contributed by atoms with Crippen LogP contribution in [0.4, 0.5) is 37.7 Å². The molecule has 0 bridgehead atoms. The number of benzene rings is 3. The largest absolute Gasteiger partial charge is 1.00 e. The molecule has 52 heavy (non-hydrogen) atoms. The summed E-state index contributed by atoms with van der Waals surface area (Å²) in [6.45, 7) is 2.97. The van der Waals surface area contributed by atoms with Gasteiger partial charge >= 0.3 is 41.9 Å². The molecular weight excluding hydrogens is 963 g/mol. The number of halogens is 8. The fourth-order valence-electron chi connectivity index (χ4n) is 3.53. The minimum atomic E-state index is -4.83. The smallest absolute Gasteiger partial charge is 1.00 e. The zero-order valence-electron chi connectivity index (χ0n) is 27.4. The Hall–Kier alpha value is -2.55. The van der Waals surface area contributed by atoms with Crippen LogP contribution in [0.1, 0.15) is 41.7 Å². The Bertz CT molecular complexity index is 1930. The number of nitrogens with zero attached hydrogens (tertiary/aromatic N) is 2. The topological polar surface area (TPSA) is 190 Å². The fourth-order valence-corrected chi connectivity index (χ4v) is 4.87. The van der Waals surface area contributed by atoms with E-state index in [9.17, 15) is 54.6 Å². The number of alkyl halides is 7. The maximum Gasteiger partial charge on any atom is 1.00 e.